The van der Waals surface area contributed by atoms with Crippen molar-refractivity contribution >= 4 is 16.9 Å². The van der Waals surface area contributed by atoms with E-state index in [1.165, 1.54) is 0 Å². The molecule has 4 heteroatoms. The van der Waals surface area contributed by atoms with Gasteiger partial charge in [-0.25, -0.2) is 4.79 Å². The van der Waals surface area contributed by atoms with Gasteiger partial charge >= 0.3 is 6.09 Å². The summed E-state index contributed by atoms with van der Waals surface area (Å²) in [7, 11) is 0. The minimum atomic E-state index is -0.681. The molecule has 2 aromatic rings. The first-order valence-electron chi connectivity index (χ1n) is 7.26. The molecule has 3 rings (SSSR count). The van der Waals surface area contributed by atoms with Gasteiger partial charge in [-0.3, -0.25) is 0 Å². The molecule has 112 valence electrons. The van der Waals surface area contributed by atoms with E-state index in [0.29, 0.717) is 26.3 Å². The van der Waals surface area contributed by atoms with Crippen molar-refractivity contribution in [2.45, 2.75) is 6.10 Å². The quantitative estimate of drug-likeness (QED) is 0.800. The van der Waals surface area contributed by atoms with Crippen molar-refractivity contribution in [1.29, 1.82) is 0 Å². The molecule has 4 nitrogen and oxygen atoms in total. The number of hydrogen-bond donors (Lipinski definition) is 0. The third kappa shape index (κ3) is 3.05. The zero-order chi connectivity index (χ0) is 15.4. The fraction of sp³-hybridized carbons (Fsp3) is 0.278. The smallest absolute Gasteiger partial charge is 0.411 e. The molecule has 1 aliphatic heterocycles. The summed E-state index contributed by atoms with van der Waals surface area (Å²) < 4.78 is 10.7. The van der Waals surface area contributed by atoms with Gasteiger partial charge in [-0.05, 0) is 16.8 Å². The number of carbonyl (C=O) groups is 1. The Kier molecular flexibility index (Phi) is 4.27. The first-order valence-corrected chi connectivity index (χ1v) is 7.26. The van der Waals surface area contributed by atoms with E-state index in [2.05, 4.69) is 5.92 Å². The number of benzene rings is 2. The standard InChI is InChI=1S/C18H17NO3/c1-2-17(22-18(20)19-9-11-21-12-10-19)16-8-7-14-5-3-4-6-15(14)13-16/h1,3-8,13,17H,9-12H2. The second-order valence-corrected chi connectivity index (χ2v) is 5.14. The highest BCUT2D eigenvalue weighted by Gasteiger charge is 2.22. The lowest BCUT2D eigenvalue weighted by molar-refractivity contribution is 0.0204. The molecule has 1 fully saturated rings. The Hall–Kier alpha value is -2.51. The fourth-order valence-corrected chi connectivity index (χ4v) is 2.49. The van der Waals surface area contributed by atoms with Gasteiger partial charge in [0, 0.05) is 18.7 Å². The summed E-state index contributed by atoms with van der Waals surface area (Å²) in [6.45, 7) is 2.14. The minimum Gasteiger partial charge on any atom is -0.428 e. The third-order valence-corrected chi connectivity index (χ3v) is 3.72. The molecule has 0 saturated carbocycles. The molecular formula is C18H17NO3. The summed E-state index contributed by atoms with van der Waals surface area (Å²) in [6, 6.07) is 13.8. The zero-order valence-electron chi connectivity index (χ0n) is 12.2. The summed E-state index contributed by atoms with van der Waals surface area (Å²) in [5.74, 6) is 2.55. The molecular weight excluding hydrogens is 278 g/mol. The van der Waals surface area contributed by atoms with Crippen molar-refractivity contribution in [3.8, 4) is 12.3 Å². The minimum absolute atomic E-state index is 0.389. The van der Waals surface area contributed by atoms with Crippen LogP contribution in [0.2, 0.25) is 0 Å². The topological polar surface area (TPSA) is 38.8 Å². The molecule has 0 spiro atoms. The average molecular weight is 295 g/mol. The summed E-state index contributed by atoms with van der Waals surface area (Å²) in [5.41, 5.74) is 0.808. The summed E-state index contributed by atoms with van der Waals surface area (Å²) in [5, 5.41) is 2.20. The van der Waals surface area contributed by atoms with Gasteiger partial charge in [0.25, 0.3) is 0 Å². The second-order valence-electron chi connectivity index (χ2n) is 5.14. The first kappa shape index (κ1) is 14.4. The highest BCUT2D eigenvalue weighted by atomic mass is 16.6. The number of morpholine rings is 1. The molecule has 0 N–H and O–H groups in total. The van der Waals surface area contributed by atoms with Crippen molar-refractivity contribution < 1.29 is 14.3 Å². The van der Waals surface area contributed by atoms with Crippen LogP contribution in [-0.2, 0) is 9.47 Å². The van der Waals surface area contributed by atoms with Crippen LogP contribution in [0.15, 0.2) is 42.5 Å². The van der Waals surface area contributed by atoms with Crippen LogP contribution >= 0.6 is 0 Å². The Labute approximate surface area is 129 Å². The summed E-state index contributed by atoms with van der Waals surface area (Å²) in [4.78, 5) is 13.8. The van der Waals surface area contributed by atoms with Crippen molar-refractivity contribution in [1.82, 2.24) is 4.90 Å². The molecule has 1 unspecified atom stereocenters. The monoisotopic (exact) mass is 295 g/mol. The maximum atomic E-state index is 12.2. The molecule has 1 saturated heterocycles. The molecule has 1 aliphatic rings. The molecule has 1 atom stereocenters. The highest BCUT2D eigenvalue weighted by Crippen LogP contribution is 2.23. The van der Waals surface area contributed by atoms with Crippen molar-refractivity contribution in [2.75, 3.05) is 26.3 Å². The molecule has 1 amide bonds. The number of amides is 1. The number of rotatable bonds is 2. The van der Waals surface area contributed by atoms with Crippen LogP contribution < -0.4 is 0 Å². The Morgan fingerprint density at radius 3 is 2.64 bits per heavy atom. The maximum Gasteiger partial charge on any atom is 0.411 e. The van der Waals surface area contributed by atoms with Crippen molar-refractivity contribution in [3.05, 3.63) is 48.0 Å². The van der Waals surface area contributed by atoms with Crippen LogP contribution in [0.3, 0.4) is 0 Å². The lowest BCUT2D eigenvalue weighted by atomic mass is 10.0. The van der Waals surface area contributed by atoms with Crippen LogP contribution in [0.4, 0.5) is 4.79 Å². The Morgan fingerprint density at radius 1 is 1.18 bits per heavy atom. The molecule has 0 bridgehead atoms. The Bertz CT molecular complexity index is 714. The number of fused-ring (bicyclic) bond motifs is 1. The Balaban J connectivity index is 1.77. The number of carbonyl (C=O) groups excluding carboxylic acids is 1. The van der Waals surface area contributed by atoms with Gasteiger partial charge < -0.3 is 14.4 Å². The van der Waals surface area contributed by atoms with E-state index in [1.807, 2.05) is 42.5 Å². The number of terminal acetylenes is 1. The maximum absolute atomic E-state index is 12.2. The van der Waals surface area contributed by atoms with E-state index in [1.54, 1.807) is 4.90 Å². The van der Waals surface area contributed by atoms with Crippen LogP contribution in [0.25, 0.3) is 10.8 Å². The lowest BCUT2D eigenvalue weighted by Gasteiger charge is -2.27. The lowest BCUT2D eigenvalue weighted by Crippen LogP contribution is -2.41. The van der Waals surface area contributed by atoms with Crippen molar-refractivity contribution in [2.24, 2.45) is 0 Å². The SMILES string of the molecule is C#CC(OC(=O)N1CCOCC1)c1ccc2ccccc2c1. The van der Waals surface area contributed by atoms with E-state index in [4.69, 9.17) is 15.9 Å². The number of hydrogen-bond acceptors (Lipinski definition) is 3. The van der Waals surface area contributed by atoms with Gasteiger partial charge in [0.1, 0.15) is 0 Å². The van der Waals surface area contributed by atoms with Crippen LogP contribution in [0.5, 0.6) is 0 Å². The van der Waals surface area contributed by atoms with Crippen LogP contribution in [0.1, 0.15) is 11.7 Å². The second kappa shape index (κ2) is 6.50. The van der Waals surface area contributed by atoms with E-state index in [-0.39, 0.29) is 6.09 Å². The Morgan fingerprint density at radius 2 is 1.91 bits per heavy atom. The average Bonchev–Trinajstić information content (AvgIpc) is 2.59. The molecule has 1 heterocycles. The van der Waals surface area contributed by atoms with Gasteiger partial charge in [-0.15, -0.1) is 6.42 Å². The normalized spacial score (nSPS) is 16.0. The van der Waals surface area contributed by atoms with E-state index < -0.39 is 6.10 Å². The van der Waals surface area contributed by atoms with Gasteiger partial charge in [-0.1, -0.05) is 42.3 Å². The molecule has 0 aromatic heterocycles. The largest absolute Gasteiger partial charge is 0.428 e. The summed E-state index contributed by atoms with van der Waals surface area (Å²) in [6.07, 6.45) is 4.49. The zero-order valence-corrected chi connectivity index (χ0v) is 12.2. The van der Waals surface area contributed by atoms with Gasteiger partial charge in [-0.2, -0.15) is 0 Å². The number of ether oxygens (including phenoxy) is 2. The van der Waals surface area contributed by atoms with Crippen LogP contribution in [-0.4, -0.2) is 37.3 Å². The third-order valence-electron chi connectivity index (χ3n) is 3.72. The van der Waals surface area contributed by atoms with E-state index in [0.717, 1.165) is 16.3 Å². The summed E-state index contributed by atoms with van der Waals surface area (Å²) >= 11 is 0. The van der Waals surface area contributed by atoms with Gasteiger partial charge in [0.15, 0.2) is 6.10 Å². The fourth-order valence-electron chi connectivity index (χ4n) is 2.49. The highest BCUT2D eigenvalue weighted by molar-refractivity contribution is 5.83. The first-order chi connectivity index (χ1) is 10.8. The van der Waals surface area contributed by atoms with Gasteiger partial charge in [0.2, 0.25) is 0 Å². The van der Waals surface area contributed by atoms with E-state index >= 15 is 0 Å². The predicted molar refractivity (Wildman–Crippen MR) is 84.4 cm³/mol. The molecule has 22 heavy (non-hydrogen) atoms. The molecule has 2 aromatic carbocycles. The molecule has 0 aliphatic carbocycles. The van der Waals surface area contributed by atoms with E-state index in [9.17, 15) is 4.79 Å². The van der Waals surface area contributed by atoms with Crippen LogP contribution in [0, 0.1) is 12.3 Å². The van der Waals surface area contributed by atoms with Crippen molar-refractivity contribution in [3.63, 3.8) is 0 Å². The van der Waals surface area contributed by atoms with Gasteiger partial charge in [0.05, 0.1) is 13.2 Å². The molecule has 0 radical (unpaired) electrons. The number of nitrogens with zero attached hydrogens (tertiary/aromatic N) is 1. The predicted octanol–water partition coefficient (Wildman–Crippen LogP) is 2.98.